The van der Waals surface area contributed by atoms with Gasteiger partial charge in [0.05, 0.1) is 18.8 Å². The maximum atomic E-state index is 13.0. The summed E-state index contributed by atoms with van der Waals surface area (Å²) in [5, 5.41) is 0.675. The van der Waals surface area contributed by atoms with Crippen molar-refractivity contribution in [2.75, 3.05) is 17.3 Å². The van der Waals surface area contributed by atoms with Gasteiger partial charge in [-0.1, -0.05) is 48.0 Å². The summed E-state index contributed by atoms with van der Waals surface area (Å²) in [6, 6.07) is 15.5. The number of hydrogen-bond donors (Lipinski definition) is 0. The van der Waals surface area contributed by atoms with E-state index < -0.39 is 4.93 Å². The standard InChI is InChI=1S/C17H14ClNO2S/c18-14-7-3-1-5-12(14)11-19-15-8-4-2-6-13(15)17(16(19)20)21-9-10-22-17/h1-8H,9-11H2/t17-/m0/s1. The van der Waals surface area contributed by atoms with Crippen LogP contribution in [0.15, 0.2) is 48.5 Å². The number of carbonyl (C=O) groups is 1. The van der Waals surface area contributed by atoms with Gasteiger partial charge in [-0.2, -0.15) is 0 Å². The second-order valence-corrected chi connectivity index (χ2v) is 6.99. The molecule has 3 nitrogen and oxygen atoms in total. The van der Waals surface area contributed by atoms with Crippen molar-refractivity contribution in [3.8, 4) is 0 Å². The van der Waals surface area contributed by atoms with Gasteiger partial charge in [0.25, 0.3) is 5.91 Å². The molecule has 1 amide bonds. The van der Waals surface area contributed by atoms with Crippen molar-refractivity contribution in [1.82, 2.24) is 0 Å². The number of benzene rings is 2. The van der Waals surface area contributed by atoms with Gasteiger partial charge in [0, 0.05) is 16.3 Å². The van der Waals surface area contributed by atoms with Gasteiger partial charge in [0.1, 0.15) is 0 Å². The van der Waals surface area contributed by atoms with Crippen molar-refractivity contribution >= 4 is 35.0 Å². The molecule has 2 aromatic carbocycles. The molecule has 0 bridgehead atoms. The molecule has 5 heteroatoms. The SMILES string of the molecule is O=C1N(Cc2ccccc2Cl)c2ccccc2[C@@]12OCCS2. The number of nitrogens with zero attached hydrogens (tertiary/aromatic N) is 1. The molecule has 1 saturated heterocycles. The molecule has 0 aliphatic carbocycles. The maximum Gasteiger partial charge on any atom is 0.275 e. The zero-order valence-electron chi connectivity index (χ0n) is 11.8. The summed E-state index contributed by atoms with van der Waals surface area (Å²) in [5.41, 5.74) is 2.81. The second-order valence-electron chi connectivity index (χ2n) is 5.31. The van der Waals surface area contributed by atoms with Crippen LogP contribution in [0.25, 0.3) is 0 Å². The zero-order valence-corrected chi connectivity index (χ0v) is 13.4. The summed E-state index contributed by atoms with van der Waals surface area (Å²) in [4.78, 5) is 14.0. The molecule has 0 N–H and O–H groups in total. The first kappa shape index (κ1) is 14.1. The van der Waals surface area contributed by atoms with E-state index in [9.17, 15) is 4.79 Å². The Kier molecular flexibility index (Phi) is 3.40. The van der Waals surface area contributed by atoms with E-state index in [0.717, 1.165) is 22.6 Å². The molecular weight excluding hydrogens is 318 g/mol. The maximum absolute atomic E-state index is 13.0. The number of halogens is 1. The lowest BCUT2D eigenvalue weighted by molar-refractivity contribution is -0.131. The van der Waals surface area contributed by atoms with Gasteiger partial charge >= 0.3 is 0 Å². The summed E-state index contributed by atoms with van der Waals surface area (Å²) < 4.78 is 5.88. The third-order valence-electron chi connectivity index (χ3n) is 4.06. The number of amides is 1. The number of para-hydroxylation sites is 1. The minimum Gasteiger partial charge on any atom is -0.350 e. The van der Waals surface area contributed by atoms with E-state index in [-0.39, 0.29) is 5.91 Å². The van der Waals surface area contributed by atoms with Crippen LogP contribution in [0.3, 0.4) is 0 Å². The first-order chi connectivity index (χ1) is 10.7. The third kappa shape index (κ3) is 1.98. The van der Waals surface area contributed by atoms with E-state index in [2.05, 4.69) is 0 Å². The van der Waals surface area contributed by atoms with Crippen LogP contribution in [-0.4, -0.2) is 18.3 Å². The molecule has 2 heterocycles. The van der Waals surface area contributed by atoms with Crippen molar-refractivity contribution in [1.29, 1.82) is 0 Å². The predicted octanol–water partition coefficient (Wildman–Crippen LogP) is 3.80. The Morgan fingerprint density at radius 2 is 1.95 bits per heavy atom. The third-order valence-corrected chi connectivity index (χ3v) is 5.71. The number of anilines is 1. The molecule has 2 aromatic rings. The van der Waals surface area contributed by atoms with E-state index in [1.165, 1.54) is 0 Å². The lowest BCUT2D eigenvalue weighted by Gasteiger charge is -2.22. The predicted molar refractivity (Wildman–Crippen MR) is 89.2 cm³/mol. The van der Waals surface area contributed by atoms with Crippen molar-refractivity contribution in [3.05, 3.63) is 64.7 Å². The lowest BCUT2D eigenvalue weighted by atomic mass is 10.1. The topological polar surface area (TPSA) is 29.5 Å². The monoisotopic (exact) mass is 331 g/mol. The Labute approximate surface area is 138 Å². The Morgan fingerprint density at radius 3 is 2.73 bits per heavy atom. The molecule has 4 rings (SSSR count). The molecule has 1 atom stereocenters. The Balaban J connectivity index is 1.78. The average molecular weight is 332 g/mol. The lowest BCUT2D eigenvalue weighted by Crippen LogP contribution is -2.37. The minimum atomic E-state index is -0.863. The van der Waals surface area contributed by atoms with Crippen molar-refractivity contribution in [3.63, 3.8) is 0 Å². The zero-order chi connectivity index (χ0) is 15.2. The molecule has 2 aliphatic heterocycles. The highest BCUT2D eigenvalue weighted by Gasteiger charge is 2.54. The van der Waals surface area contributed by atoms with Crippen LogP contribution in [0, 0.1) is 0 Å². The number of fused-ring (bicyclic) bond motifs is 2. The van der Waals surface area contributed by atoms with Gasteiger partial charge in [-0.3, -0.25) is 4.79 Å². The van der Waals surface area contributed by atoms with Gasteiger partial charge in [-0.25, -0.2) is 0 Å². The number of hydrogen-bond acceptors (Lipinski definition) is 3. The Morgan fingerprint density at radius 1 is 1.18 bits per heavy atom. The summed E-state index contributed by atoms with van der Waals surface area (Å²) in [5.74, 6) is 0.830. The van der Waals surface area contributed by atoms with Crippen LogP contribution in [-0.2, 0) is 21.0 Å². The number of ether oxygens (including phenoxy) is 1. The Hall–Kier alpha value is -1.49. The highest BCUT2D eigenvalue weighted by atomic mass is 35.5. The fourth-order valence-corrected chi connectivity index (χ4v) is 4.41. The van der Waals surface area contributed by atoms with Crippen LogP contribution in [0.2, 0.25) is 5.02 Å². The van der Waals surface area contributed by atoms with Gasteiger partial charge in [-0.05, 0) is 17.7 Å². The molecule has 22 heavy (non-hydrogen) atoms. The van der Waals surface area contributed by atoms with Crippen LogP contribution >= 0.6 is 23.4 Å². The molecule has 0 unspecified atom stereocenters. The van der Waals surface area contributed by atoms with E-state index >= 15 is 0 Å². The number of carbonyl (C=O) groups excluding carboxylic acids is 1. The molecule has 1 spiro atoms. The van der Waals surface area contributed by atoms with Gasteiger partial charge < -0.3 is 9.64 Å². The minimum absolute atomic E-state index is 0.00359. The summed E-state index contributed by atoms with van der Waals surface area (Å²) in [7, 11) is 0. The quantitative estimate of drug-likeness (QED) is 0.838. The molecule has 112 valence electrons. The summed E-state index contributed by atoms with van der Waals surface area (Å²) >= 11 is 7.83. The first-order valence-corrected chi connectivity index (χ1v) is 8.51. The van der Waals surface area contributed by atoms with Gasteiger partial charge in [0.15, 0.2) is 0 Å². The fourth-order valence-electron chi connectivity index (χ4n) is 3.03. The van der Waals surface area contributed by atoms with Crippen molar-refractivity contribution < 1.29 is 9.53 Å². The van der Waals surface area contributed by atoms with Crippen LogP contribution in [0.1, 0.15) is 11.1 Å². The van der Waals surface area contributed by atoms with E-state index in [0.29, 0.717) is 18.2 Å². The van der Waals surface area contributed by atoms with Crippen LogP contribution in [0.5, 0.6) is 0 Å². The molecule has 0 aromatic heterocycles. The highest BCUT2D eigenvalue weighted by Crippen LogP contribution is 2.52. The van der Waals surface area contributed by atoms with Gasteiger partial charge in [0.2, 0.25) is 4.93 Å². The summed E-state index contributed by atoms with van der Waals surface area (Å²) in [6.07, 6.45) is 0. The van der Waals surface area contributed by atoms with Crippen molar-refractivity contribution in [2.24, 2.45) is 0 Å². The van der Waals surface area contributed by atoms with Crippen molar-refractivity contribution in [2.45, 2.75) is 11.5 Å². The largest absolute Gasteiger partial charge is 0.350 e. The molecule has 0 saturated carbocycles. The van der Waals surface area contributed by atoms with Gasteiger partial charge in [-0.15, -0.1) is 11.8 Å². The smallest absolute Gasteiger partial charge is 0.275 e. The van der Waals surface area contributed by atoms with Crippen LogP contribution < -0.4 is 4.90 Å². The Bertz CT molecular complexity index is 743. The molecule has 0 radical (unpaired) electrons. The van der Waals surface area contributed by atoms with E-state index in [4.69, 9.17) is 16.3 Å². The number of thioether (sulfide) groups is 1. The second kappa shape index (κ2) is 5.30. The van der Waals surface area contributed by atoms with E-state index in [1.807, 2.05) is 48.5 Å². The molecule has 1 fully saturated rings. The summed E-state index contributed by atoms with van der Waals surface area (Å²) in [6.45, 7) is 1.06. The first-order valence-electron chi connectivity index (χ1n) is 7.15. The van der Waals surface area contributed by atoms with Crippen LogP contribution in [0.4, 0.5) is 5.69 Å². The molecular formula is C17H14ClNO2S. The van der Waals surface area contributed by atoms with E-state index in [1.54, 1.807) is 16.7 Å². The normalized spacial score (nSPS) is 23.3. The number of rotatable bonds is 2. The average Bonchev–Trinajstić information content (AvgIpc) is 3.11. The molecule has 2 aliphatic rings. The highest BCUT2D eigenvalue weighted by molar-refractivity contribution is 8.01. The fraction of sp³-hybridized carbons (Fsp3) is 0.235.